The molecule has 0 bridgehead atoms. The van der Waals surface area contributed by atoms with E-state index >= 15 is 0 Å². The highest BCUT2D eigenvalue weighted by Crippen LogP contribution is 2.09. The first kappa shape index (κ1) is 18.2. The second-order valence-electron chi connectivity index (χ2n) is 5.75. The third-order valence-electron chi connectivity index (χ3n) is 3.58. The second-order valence-corrected chi connectivity index (χ2v) is 5.75. The normalized spacial score (nSPS) is 10.2. The van der Waals surface area contributed by atoms with Crippen molar-refractivity contribution in [3.05, 3.63) is 54.0 Å². The van der Waals surface area contributed by atoms with Crippen LogP contribution in [0, 0.1) is 11.3 Å². The van der Waals surface area contributed by atoms with Crippen molar-refractivity contribution in [2.45, 2.75) is 26.4 Å². The molecule has 0 aliphatic carbocycles. The lowest BCUT2D eigenvalue weighted by Crippen LogP contribution is -2.44. The largest absolute Gasteiger partial charge is 0.367 e. The quantitative estimate of drug-likeness (QED) is 0.756. The predicted molar refractivity (Wildman–Crippen MR) is 95.8 cm³/mol. The average molecular weight is 338 g/mol. The highest BCUT2D eigenvalue weighted by Gasteiger charge is 2.16. The molecule has 2 N–H and O–H groups in total. The number of nitriles is 1. The third-order valence-corrected chi connectivity index (χ3v) is 3.58. The Labute approximate surface area is 147 Å². The minimum absolute atomic E-state index is 0.0640. The Morgan fingerprint density at radius 2 is 2.08 bits per heavy atom. The zero-order valence-electron chi connectivity index (χ0n) is 14.4. The Balaban J connectivity index is 1.84. The van der Waals surface area contributed by atoms with Crippen LogP contribution in [0.5, 0.6) is 0 Å². The smallest absolute Gasteiger partial charge is 0.317 e. The Kier molecular flexibility index (Phi) is 6.72. The molecule has 2 rings (SSSR count). The number of nitrogens with one attached hydrogen (secondary N) is 2. The summed E-state index contributed by atoms with van der Waals surface area (Å²) >= 11 is 0. The van der Waals surface area contributed by atoms with Gasteiger partial charge in [-0.1, -0.05) is 6.07 Å². The van der Waals surface area contributed by atoms with Crippen molar-refractivity contribution in [2.75, 3.05) is 18.4 Å². The van der Waals surface area contributed by atoms with E-state index in [0.29, 0.717) is 31.0 Å². The van der Waals surface area contributed by atoms with Crippen LogP contribution in [-0.2, 0) is 6.54 Å². The molecule has 0 aromatic carbocycles. The Morgan fingerprint density at radius 3 is 2.76 bits per heavy atom. The average Bonchev–Trinajstić information content (AvgIpc) is 2.64. The fourth-order valence-electron chi connectivity index (χ4n) is 2.27. The van der Waals surface area contributed by atoms with Crippen molar-refractivity contribution in [3.63, 3.8) is 0 Å². The molecule has 2 aromatic heterocycles. The van der Waals surface area contributed by atoms with Crippen molar-refractivity contribution in [1.82, 2.24) is 20.2 Å². The molecule has 130 valence electrons. The molecule has 7 nitrogen and oxygen atoms in total. The maximum atomic E-state index is 12.4. The van der Waals surface area contributed by atoms with Crippen molar-refractivity contribution < 1.29 is 4.79 Å². The van der Waals surface area contributed by atoms with E-state index in [-0.39, 0.29) is 12.1 Å². The van der Waals surface area contributed by atoms with E-state index in [1.807, 2.05) is 26.0 Å². The van der Waals surface area contributed by atoms with E-state index in [2.05, 4.69) is 26.7 Å². The molecule has 2 amide bonds. The second kappa shape index (κ2) is 9.23. The zero-order valence-corrected chi connectivity index (χ0v) is 14.4. The van der Waals surface area contributed by atoms with Crippen LogP contribution in [0.25, 0.3) is 0 Å². The fraction of sp³-hybridized carbons (Fsp3) is 0.333. The summed E-state index contributed by atoms with van der Waals surface area (Å²) in [5.41, 5.74) is 1.46. The number of anilines is 1. The Hall–Kier alpha value is -3.14. The number of nitrogens with zero attached hydrogens (tertiary/aromatic N) is 4. The molecule has 0 saturated heterocycles. The van der Waals surface area contributed by atoms with Crippen LogP contribution < -0.4 is 10.6 Å². The molecular weight excluding hydrogens is 316 g/mol. The Bertz CT molecular complexity index is 726. The van der Waals surface area contributed by atoms with Crippen LogP contribution in [0.15, 0.2) is 42.9 Å². The van der Waals surface area contributed by atoms with Gasteiger partial charge in [-0.2, -0.15) is 5.26 Å². The summed E-state index contributed by atoms with van der Waals surface area (Å²) in [4.78, 5) is 22.4. The number of aromatic nitrogens is 2. The summed E-state index contributed by atoms with van der Waals surface area (Å²) in [6, 6.07) is 9.22. The van der Waals surface area contributed by atoms with Gasteiger partial charge in [0.2, 0.25) is 0 Å². The first-order valence-electron chi connectivity index (χ1n) is 8.14. The van der Waals surface area contributed by atoms with Gasteiger partial charge in [-0.25, -0.2) is 9.78 Å². The summed E-state index contributed by atoms with van der Waals surface area (Å²) in [6.45, 7) is 5.36. The standard InChI is InChI=1S/C18H22N6O/c1-14(2)24(13-15-5-3-7-20-12-15)18(25)23-10-9-22-17-16(11-19)6-4-8-21-17/h3-8,12,14H,9-10,13H2,1-2H3,(H,21,22)(H,23,25). The number of carbonyl (C=O) groups is 1. The van der Waals surface area contributed by atoms with Gasteiger partial charge < -0.3 is 15.5 Å². The molecule has 0 radical (unpaired) electrons. The van der Waals surface area contributed by atoms with Crippen LogP contribution >= 0.6 is 0 Å². The molecule has 25 heavy (non-hydrogen) atoms. The monoisotopic (exact) mass is 338 g/mol. The van der Waals surface area contributed by atoms with E-state index in [0.717, 1.165) is 5.56 Å². The number of amides is 2. The molecule has 0 fully saturated rings. The summed E-state index contributed by atoms with van der Waals surface area (Å²) in [7, 11) is 0. The van der Waals surface area contributed by atoms with E-state index in [9.17, 15) is 4.79 Å². The number of carbonyl (C=O) groups excluding carboxylic acids is 1. The van der Waals surface area contributed by atoms with Crippen LogP contribution in [-0.4, -0.2) is 40.0 Å². The lowest BCUT2D eigenvalue weighted by Gasteiger charge is -2.27. The van der Waals surface area contributed by atoms with Crippen LogP contribution in [0.2, 0.25) is 0 Å². The van der Waals surface area contributed by atoms with Gasteiger partial charge in [-0.15, -0.1) is 0 Å². The predicted octanol–water partition coefficient (Wildman–Crippen LogP) is 2.38. The molecule has 2 aromatic rings. The summed E-state index contributed by atoms with van der Waals surface area (Å²) in [5, 5.41) is 15.0. The van der Waals surface area contributed by atoms with Gasteiger partial charge in [-0.05, 0) is 37.6 Å². The van der Waals surface area contributed by atoms with Gasteiger partial charge >= 0.3 is 6.03 Å². The molecule has 2 heterocycles. The third kappa shape index (κ3) is 5.46. The van der Waals surface area contributed by atoms with Crippen LogP contribution in [0.4, 0.5) is 10.6 Å². The fourth-order valence-corrected chi connectivity index (χ4v) is 2.27. The van der Waals surface area contributed by atoms with Gasteiger partial charge in [-0.3, -0.25) is 4.98 Å². The number of urea groups is 1. The van der Waals surface area contributed by atoms with Crippen molar-refractivity contribution in [1.29, 1.82) is 5.26 Å². The summed E-state index contributed by atoms with van der Waals surface area (Å²) in [5.74, 6) is 0.523. The number of rotatable bonds is 7. The van der Waals surface area contributed by atoms with Gasteiger partial charge in [0.05, 0.1) is 5.56 Å². The number of hydrogen-bond donors (Lipinski definition) is 2. The summed E-state index contributed by atoms with van der Waals surface area (Å²) < 4.78 is 0. The zero-order chi connectivity index (χ0) is 18.1. The van der Waals surface area contributed by atoms with E-state index in [1.54, 1.807) is 35.6 Å². The first-order chi connectivity index (χ1) is 12.1. The molecule has 0 atom stereocenters. The highest BCUT2D eigenvalue weighted by molar-refractivity contribution is 5.74. The number of hydrogen-bond acceptors (Lipinski definition) is 5. The van der Waals surface area contributed by atoms with Crippen molar-refractivity contribution in [3.8, 4) is 6.07 Å². The maximum absolute atomic E-state index is 12.4. The van der Waals surface area contributed by atoms with Crippen molar-refractivity contribution in [2.24, 2.45) is 0 Å². The topological polar surface area (TPSA) is 93.9 Å². The Morgan fingerprint density at radius 1 is 1.28 bits per heavy atom. The SMILES string of the molecule is CC(C)N(Cc1cccnc1)C(=O)NCCNc1ncccc1C#N. The van der Waals surface area contributed by atoms with Gasteiger partial charge in [0, 0.05) is 44.3 Å². The van der Waals surface area contributed by atoms with E-state index in [4.69, 9.17) is 5.26 Å². The minimum Gasteiger partial charge on any atom is -0.367 e. The van der Waals surface area contributed by atoms with E-state index in [1.165, 1.54) is 0 Å². The molecular formula is C18H22N6O. The lowest BCUT2D eigenvalue weighted by molar-refractivity contribution is 0.180. The first-order valence-corrected chi connectivity index (χ1v) is 8.14. The molecule has 0 unspecified atom stereocenters. The van der Waals surface area contributed by atoms with Crippen molar-refractivity contribution >= 4 is 11.8 Å². The van der Waals surface area contributed by atoms with Gasteiger partial charge in [0.25, 0.3) is 0 Å². The summed E-state index contributed by atoms with van der Waals surface area (Å²) in [6.07, 6.45) is 5.09. The van der Waals surface area contributed by atoms with Crippen LogP contribution in [0.1, 0.15) is 25.0 Å². The number of pyridine rings is 2. The molecule has 7 heteroatoms. The minimum atomic E-state index is -0.137. The molecule has 0 spiro atoms. The van der Waals surface area contributed by atoms with Gasteiger partial charge in [0.1, 0.15) is 11.9 Å². The molecule has 0 saturated carbocycles. The highest BCUT2D eigenvalue weighted by atomic mass is 16.2. The van der Waals surface area contributed by atoms with Crippen LogP contribution in [0.3, 0.4) is 0 Å². The molecule has 0 aliphatic rings. The molecule has 0 aliphatic heterocycles. The van der Waals surface area contributed by atoms with E-state index < -0.39 is 0 Å². The maximum Gasteiger partial charge on any atom is 0.317 e. The lowest BCUT2D eigenvalue weighted by atomic mass is 10.2. The van der Waals surface area contributed by atoms with Gasteiger partial charge in [0.15, 0.2) is 0 Å².